The van der Waals surface area contributed by atoms with E-state index in [1.807, 2.05) is 30.3 Å². The lowest BCUT2D eigenvalue weighted by Gasteiger charge is -2.09. The van der Waals surface area contributed by atoms with Crippen molar-refractivity contribution in [1.82, 2.24) is 4.72 Å². The van der Waals surface area contributed by atoms with Gasteiger partial charge in [-0.05, 0) is 35.2 Å². The minimum Gasteiger partial charge on any atom is -0.211 e. The monoisotopic (exact) mass is 277 g/mol. The van der Waals surface area contributed by atoms with Gasteiger partial charge in [-0.15, -0.1) is 0 Å². The average Bonchev–Trinajstić information content (AvgIpc) is 2.37. The molecule has 0 bridgehead atoms. The number of benzene rings is 2. The maximum atomic E-state index is 12.1. The third-order valence-electron chi connectivity index (χ3n) is 3.05. The minimum atomic E-state index is -3.40. The van der Waals surface area contributed by atoms with Crippen LogP contribution in [0.1, 0.15) is 20.3 Å². The number of hydrogen-bond donors (Lipinski definition) is 1. The first-order valence-corrected chi connectivity index (χ1v) is 7.96. The SMILES string of the molecule is CC(C)CCNS(=O)(=O)c1ccc2ccccc2c1. The molecule has 0 aliphatic rings. The Balaban J connectivity index is 2.22. The first-order chi connectivity index (χ1) is 8.99. The summed E-state index contributed by atoms with van der Waals surface area (Å²) in [5.74, 6) is 0.485. The minimum absolute atomic E-state index is 0.329. The number of sulfonamides is 1. The molecule has 0 aliphatic heterocycles. The summed E-state index contributed by atoms with van der Waals surface area (Å²) < 4.78 is 26.9. The molecule has 0 spiro atoms. The van der Waals surface area contributed by atoms with Crippen molar-refractivity contribution in [3.63, 3.8) is 0 Å². The Hall–Kier alpha value is -1.39. The second kappa shape index (κ2) is 5.72. The molecule has 0 amide bonds. The van der Waals surface area contributed by atoms with Crippen LogP contribution < -0.4 is 4.72 Å². The van der Waals surface area contributed by atoms with Crippen LogP contribution in [0.5, 0.6) is 0 Å². The molecule has 0 radical (unpaired) electrons. The highest BCUT2D eigenvalue weighted by Gasteiger charge is 2.13. The Morgan fingerprint density at radius 3 is 2.42 bits per heavy atom. The summed E-state index contributed by atoms with van der Waals surface area (Å²) >= 11 is 0. The van der Waals surface area contributed by atoms with E-state index in [1.165, 1.54) is 0 Å². The van der Waals surface area contributed by atoms with E-state index in [9.17, 15) is 8.42 Å². The second-order valence-corrected chi connectivity index (χ2v) is 6.86. The molecule has 2 rings (SSSR count). The maximum Gasteiger partial charge on any atom is 0.240 e. The molecule has 0 saturated heterocycles. The molecule has 0 heterocycles. The quantitative estimate of drug-likeness (QED) is 0.912. The van der Waals surface area contributed by atoms with Crippen molar-refractivity contribution in [1.29, 1.82) is 0 Å². The van der Waals surface area contributed by atoms with Gasteiger partial charge in [0.1, 0.15) is 0 Å². The molecule has 2 aromatic rings. The molecule has 2 aromatic carbocycles. The first kappa shape index (κ1) is 14.0. The van der Waals surface area contributed by atoms with Gasteiger partial charge in [0.15, 0.2) is 0 Å². The first-order valence-electron chi connectivity index (χ1n) is 6.47. The van der Waals surface area contributed by atoms with Crippen LogP contribution in [0.25, 0.3) is 10.8 Å². The summed E-state index contributed by atoms with van der Waals surface area (Å²) in [6.07, 6.45) is 0.840. The summed E-state index contributed by atoms with van der Waals surface area (Å²) in [7, 11) is -3.40. The highest BCUT2D eigenvalue weighted by atomic mass is 32.2. The molecule has 3 nitrogen and oxygen atoms in total. The Morgan fingerprint density at radius 1 is 1.05 bits per heavy atom. The standard InChI is InChI=1S/C15H19NO2S/c1-12(2)9-10-16-19(17,18)15-8-7-13-5-3-4-6-14(13)11-15/h3-8,11-12,16H,9-10H2,1-2H3. The van der Waals surface area contributed by atoms with Crippen molar-refractivity contribution in [3.05, 3.63) is 42.5 Å². The van der Waals surface area contributed by atoms with Crippen LogP contribution in [0.4, 0.5) is 0 Å². The van der Waals surface area contributed by atoms with Gasteiger partial charge in [0.05, 0.1) is 4.90 Å². The van der Waals surface area contributed by atoms with Gasteiger partial charge in [-0.2, -0.15) is 0 Å². The van der Waals surface area contributed by atoms with E-state index in [4.69, 9.17) is 0 Å². The zero-order valence-corrected chi connectivity index (χ0v) is 12.1. The number of nitrogens with one attached hydrogen (secondary N) is 1. The molecule has 0 unspecified atom stereocenters. The van der Waals surface area contributed by atoms with Crippen LogP contribution in [0.15, 0.2) is 47.4 Å². The lowest BCUT2D eigenvalue weighted by Crippen LogP contribution is -2.25. The molecule has 0 aromatic heterocycles. The highest BCUT2D eigenvalue weighted by Crippen LogP contribution is 2.18. The number of rotatable bonds is 5. The van der Waals surface area contributed by atoms with E-state index in [0.29, 0.717) is 17.4 Å². The van der Waals surface area contributed by atoms with Crippen LogP contribution in [0, 0.1) is 5.92 Å². The third kappa shape index (κ3) is 3.55. The van der Waals surface area contributed by atoms with Crippen molar-refractivity contribution in [2.24, 2.45) is 5.92 Å². The fourth-order valence-corrected chi connectivity index (χ4v) is 2.98. The maximum absolute atomic E-state index is 12.1. The van der Waals surface area contributed by atoms with Gasteiger partial charge >= 0.3 is 0 Å². The van der Waals surface area contributed by atoms with E-state index in [1.54, 1.807) is 12.1 Å². The summed E-state index contributed by atoms with van der Waals surface area (Å²) in [6.45, 7) is 4.63. The fourth-order valence-electron chi connectivity index (χ4n) is 1.90. The van der Waals surface area contributed by atoms with Crippen molar-refractivity contribution in [2.45, 2.75) is 25.2 Å². The van der Waals surface area contributed by atoms with E-state index < -0.39 is 10.0 Å². The smallest absolute Gasteiger partial charge is 0.211 e. The molecule has 0 saturated carbocycles. The van der Waals surface area contributed by atoms with E-state index in [0.717, 1.165) is 17.2 Å². The molecule has 19 heavy (non-hydrogen) atoms. The van der Waals surface area contributed by atoms with Gasteiger partial charge < -0.3 is 0 Å². The van der Waals surface area contributed by atoms with Gasteiger partial charge in [0.2, 0.25) is 10.0 Å². The van der Waals surface area contributed by atoms with Crippen molar-refractivity contribution >= 4 is 20.8 Å². The summed E-state index contributed by atoms with van der Waals surface area (Å²) in [5.41, 5.74) is 0. The van der Waals surface area contributed by atoms with Crippen LogP contribution in [-0.4, -0.2) is 15.0 Å². The van der Waals surface area contributed by atoms with Gasteiger partial charge in [0.25, 0.3) is 0 Å². The Morgan fingerprint density at radius 2 is 1.74 bits per heavy atom. The lowest BCUT2D eigenvalue weighted by atomic mass is 10.1. The predicted molar refractivity (Wildman–Crippen MR) is 78.6 cm³/mol. The topological polar surface area (TPSA) is 46.2 Å². The number of fused-ring (bicyclic) bond motifs is 1. The van der Waals surface area contributed by atoms with Crippen LogP contribution in [0.2, 0.25) is 0 Å². The summed E-state index contributed by atoms with van der Waals surface area (Å²) in [6, 6.07) is 12.9. The average molecular weight is 277 g/mol. The van der Waals surface area contributed by atoms with Crippen molar-refractivity contribution in [2.75, 3.05) is 6.54 Å². The van der Waals surface area contributed by atoms with Crippen LogP contribution >= 0.6 is 0 Å². The molecule has 102 valence electrons. The zero-order chi connectivity index (χ0) is 13.9. The molecule has 0 fully saturated rings. The van der Waals surface area contributed by atoms with Crippen LogP contribution in [0.3, 0.4) is 0 Å². The summed E-state index contributed by atoms with van der Waals surface area (Å²) in [5, 5.41) is 1.98. The van der Waals surface area contributed by atoms with Gasteiger partial charge in [-0.25, -0.2) is 13.1 Å². The van der Waals surface area contributed by atoms with Crippen LogP contribution in [-0.2, 0) is 10.0 Å². The molecule has 0 aliphatic carbocycles. The molecular weight excluding hydrogens is 258 g/mol. The van der Waals surface area contributed by atoms with Gasteiger partial charge in [0, 0.05) is 6.54 Å². The zero-order valence-electron chi connectivity index (χ0n) is 11.3. The molecule has 4 heteroatoms. The van der Waals surface area contributed by atoms with Crippen molar-refractivity contribution < 1.29 is 8.42 Å². The second-order valence-electron chi connectivity index (χ2n) is 5.09. The Bertz CT molecular complexity index is 663. The predicted octanol–water partition coefficient (Wildman–Crippen LogP) is 3.16. The molecule has 0 atom stereocenters. The normalized spacial score (nSPS) is 12.2. The van der Waals surface area contributed by atoms with E-state index in [2.05, 4.69) is 18.6 Å². The molecular formula is C15H19NO2S. The van der Waals surface area contributed by atoms with Gasteiger partial charge in [-0.3, -0.25) is 0 Å². The van der Waals surface area contributed by atoms with Gasteiger partial charge in [-0.1, -0.05) is 44.2 Å². The highest BCUT2D eigenvalue weighted by molar-refractivity contribution is 7.89. The Labute approximate surface area is 114 Å². The number of hydrogen-bond acceptors (Lipinski definition) is 2. The fraction of sp³-hybridized carbons (Fsp3) is 0.333. The third-order valence-corrected chi connectivity index (χ3v) is 4.50. The lowest BCUT2D eigenvalue weighted by molar-refractivity contribution is 0.551. The molecule has 1 N–H and O–H groups in total. The summed E-state index contributed by atoms with van der Waals surface area (Å²) in [4.78, 5) is 0.329. The largest absolute Gasteiger partial charge is 0.240 e. The van der Waals surface area contributed by atoms with E-state index >= 15 is 0 Å². The Kier molecular flexibility index (Phi) is 4.22. The van der Waals surface area contributed by atoms with Crippen molar-refractivity contribution in [3.8, 4) is 0 Å². The van der Waals surface area contributed by atoms with E-state index in [-0.39, 0.29) is 0 Å².